The van der Waals surface area contributed by atoms with Crippen LogP contribution >= 0.6 is 0 Å². The summed E-state index contributed by atoms with van der Waals surface area (Å²) >= 11 is 0. The Bertz CT molecular complexity index is 946. The Labute approximate surface area is 165 Å². The average Bonchev–Trinajstić information content (AvgIpc) is 2.63. The lowest BCUT2D eigenvalue weighted by Crippen LogP contribution is -2.52. The molecule has 0 fully saturated rings. The van der Waals surface area contributed by atoms with E-state index < -0.39 is 25.8 Å². The van der Waals surface area contributed by atoms with Gasteiger partial charge in [0.05, 0.1) is 0 Å². The topological polar surface area (TPSA) is 52.6 Å². The Morgan fingerprint density at radius 1 is 0.857 bits per heavy atom. The molecular weight excluding hydrogens is 375 g/mol. The second-order valence-corrected chi connectivity index (χ2v) is 11.5. The average molecular weight is 399 g/mol. The largest absolute Gasteiger partial charge is 0.423 e. The van der Waals surface area contributed by atoms with E-state index in [1.807, 2.05) is 12.1 Å². The molecule has 0 atom stereocenters. The maximum absolute atomic E-state index is 14.5. The molecule has 0 heterocycles. The van der Waals surface area contributed by atoms with E-state index in [1.165, 1.54) is 19.1 Å². The van der Waals surface area contributed by atoms with Crippen molar-refractivity contribution in [2.45, 2.75) is 26.9 Å². The zero-order valence-electron chi connectivity index (χ0n) is 16.5. The molecule has 0 aliphatic heterocycles. The highest BCUT2D eigenvalue weighted by molar-refractivity contribution is 7.00. The van der Waals surface area contributed by atoms with Crippen LogP contribution in [-0.4, -0.2) is 20.0 Å². The Morgan fingerprint density at radius 2 is 1.36 bits per heavy atom. The molecule has 0 aromatic heterocycles. The van der Waals surface area contributed by atoms with Gasteiger partial charge < -0.3 is 9.47 Å². The van der Waals surface area contributed by atoms with Gasteiger partial charge in [-0.25, -0.2) is 14.0 Å². The molecule has 0 saturated carbocycles. The number of benzene rings is 2. The van der Waals surface area contributed by atoms with Gasteiger partial charge in [-0.15, -0.1) is 0 Å². The lowest BCUT2D eigenvalue weighted by molar-refractivity contribution is -0.131. The molecule has 0 amide bonds. The fraction of sp³-hybridized carbons (Fsp3) is 0.182. The number of hydrogen-bond acceptors (Lipinski definition) is 4. The molecule has 0 unspecified atom stereocenters. The standard InChI is InChI=1S/C22H23FO4Si/c1-14(2)21(24)26-16-7-9-17(10-8-16)28(5,6)18-11-12-20(19(23)13-18)27-22(25)15(3)4/h7-13H,1,3H2,2,4-6H3. The highest BCUT2D eigenvalue weighted by atomic mass is 28.3. The molecule has 0 bridgehead atoms. The van der Waals surface area contributed by atoms with Crippen LogP contribution in [0.25, 0.3) is 0 Å². The van der Waals surface area contributed by atoms with Crippen LogP contribution in [0.4, 0.5) is 4.39 Å². The normalized spacial score (nSPS) is 10.9. The number of ether oxygens (including phenoxy) is 2. The monoisotopic (exact) mass is 398 g/mol. The SMILES string of the molecule is C=C(C)C(=O)Oc1ccc([Si](C)(C)c2ccc(OC(=O)C(=C)C)c(F)c2)cc1. The molecule has 4 nitrogen and oxygen atoms in total. The van der Waals surface area contributed by atoms with Crippen LogP contribution in [0.5, 0.6) is 11.5 Å². The summed E-state index contributed by atoms with van der Waals surface area (Å²) in [6, 6.07) is 11.8. The quantitative estimate of drug-likeness (QED) is 0.323. The summed E-state index contributed by atoms with van der Waals surface area (Å²) in [5, 5.41) is 1.88. The Kier molecular flexibility index (Phi) is 6.36. The van der Waals surface area contributed by atoms with Crippen LogP contribution in [0.2, 0.25) is 13.1 Å². The van der Waals surface area contributed by atoms with Gasteiger partial charge in [-0.05, 0) is 38.1 Å². The molecule has 0 spiro atoms. The summed E-state index contributed by atoms with van der Waals surface area (Å²) in [7, 11) is -2.21. The third-order valence-corrected chi connectivity index (χ3v) is 7.87. The molecule has 0 aliphatic carbocycles. The molecule has 0 saturated heterocycles. The van der Waals surface area contributed by atoms with Gasteiger partial charge in [-0.1, -0.05) is 54.8 Å². The van der Waals surface area contributed by atoms with Crippen molar-refractivity contribution in [2.75, 3.05) is 0 Å². The van der Waals surface area contributed by atoms with Gasteiger partial charge in [0.1, 0.15) is 13.8 Å². The molecule has 0 N–H and O–H groups in total. The molecule has 0 aliphatic rings. The highest BCUT2D eigenvalue weighted by Crippen LogP contribution is 2.19. The van der Waals surface area contributed by atoms with Crippen LogP contribution in [0.1, 0.15) is 13.8 Å². The third-order valence-electron chi connectivity index (χ3n) is 4.34. The molecule has 146 valence electrons. The van der Waals surface area contributed by atoms with Crippen molar-refractivity contribution in [2.24, 2.45) is 0 Å². The number of esters is 2. The summed E-state index contributed by atoms with van der Waals surface area (Å²) in [6.07, 6.45) is 0. The van der Waals surface area contributed by atoms with Crippen LogP contribution in [0.3, 0.4) is 0 Å². The van der Waals surface area contributed by atoms with Crippen molar-refractivity contribution in [1.82, 2.24) is 0 Å². The van der Waals surface area contributed by atoms with Crippen molar-refractivity contribution in [3.8, 4) is 11.5 Å². The van der Waals surface area contributed by atoms with E-state index in [9.17, 15) is 14.0 Å². The van der Waals surface area contributed by atoms with E-state index in [0.717, 1.165) is 10.4 Å². The molecule has 28 heavy (non-hydrogen) atoms. The highest BCUT2D eigenvalue weighted by Gasteiger charge is 2.27. The van der Waals surface area contributed by atoms with Gasteiger partial charge in [0.25, 0.3) is 0 Å². The summed E-state index contributed by atoms with van der Waals surface area (Å²) in [6.45, 7) is 14.3. The number of carbonyl (C=O) groups is 2. The number of rotatable bonds is 6. The van der Waals surface area contributed by atoms with E-state index in [1.54, 1.807) is 25.1 Å². The Balaban J connectivity index is 2.25. The first-order valence-corrected chi connectivity index (χ1v) is 11.7. The first-order valence-electron chi connectivity index (χ1n) is 8.68. The van der Waals surface area contributed by atoms with Gasteiger partial charge >= 0.3 is 11.9 Å². The molecule has 2 rings (SSSR count). The van der Waals surface area contributed by atoms with E-state index in [4.69, 9.17) is 9.47 Å². The van der Waals surface area contributed by atoms with E-state index in [2.05, 4.69) is 26.3 Å². The Hall–Kier alpha value is -2.99. The van der Waals surface area contributed by atoms with Crippen LogP contribution < -0.4 is 19.8 Å². The van der Waals surface area contributed by atoms with Crippen molar-refractivity contribution < 1.29 is 23.5 Å². The maximum atomic E-state index is 14.5. The lowest BCUT2D eigenvalue weighted by atomic mass is 10.3. The van der Waals surface area contributed by atoms with Crippen LogP contribution in [0, 0.1) is 5.82 Å². The van der Waals surface area contributed by atoms with Gasteiger partial charge in [0.2, 0.25) is 0 Å². The molecule has 0 radical (unpaired) electrons. The number of halogens is 1. The summed E-state index contributed by atoms with van der Waals surface area (Å²) in [4.78, 5) is 23.2. The number of carbonyl (C=O) groups excluding carboxylic acids is 2. The summed E-state index contributed by atoms with van der Waals surface area (Å²) in [5.41, 5.74) is 0.521. The lowest BCUT2D eigenvalue weighted by Gasteiger charge is -2.24. The van der Waals surface area contributed by atoms with Crippen molar-refractivity contribution >= 4 is 30.4 Å². The summed E-state index contributed by atoms with van der Waals surface area (Å²) < 4.78 is 24.7. The minimum absolute atomic E-state index is 0.122. The molecule has 2 aromatic rings. The van der Waals surface area contributed by atoms with Crippen LogP contribution in [0.15, 0.2) is 66.8 Å². The van der Waals surface area contributed by atoms with Crippen molar-refractivity contribution in [3.05, 3.63) is 72.6 Å². The van der Waals surface area contributed by atoms with Crippen molar-refractivity contribution in [3.63, 3.8) is 0 Å². The molecule has 6 heteroatoms. The van der Waals surface area contributed by atoms with E-state index in [0.29, 0.717) is 11.3 Å². The van der Waals surface area contributed by atoms with Gasteiger partial charge in [0, 0.05) is 11.1 Å². The van der Waals surface area contributed by atoms with Gasteiger partial charge in [-0.3, -0.25) is 0 Å². The fourth-order valence-corrected chi connectivity index (χ4v) is 4.78. The number of hydrogen-bond donors (Lipinski definition) is 0. The van der Waals surface area contributed by atoms with E-state index in [-0.39, 0.29) is 11.3 Å². The second-order valence-electron chi connectivity index (χ2n) is 7.13. The van der Waals surface area contributed by atoms with Gasteiger partial charge in [0.15, 0.2) is 11.6 Å². The minimum Gasteiger partial charge on any atom is -0.423 e. The third kappa shape index (κ3) is 4.83. The fourth-order valence-electron chi connectivity index (χ4n) is 2.46. The minimum atomic E-state index is -2.21. The van der Waals surface area contributed by atoms with Gasteiger partial charge in [-0.2, -0.15) is 0 Å². The molecular formula is C22H23FO4Si. The zero-order valence-corrected chi connectivity index (χ0v) is 17.5. The molecule has 2 aromatic carbocycles. The zero-order chi connectivity index (χ0) is 21.1. The van der Waals surface area contributed by atoms with E-state index >= 15 is 0 Å². The smallest absolute Gasteiger partial charge is 0.338 e. The maximum Gasteiger partial charge on any atom is 0.338 e. The predicted molar refractivity (Wildman–Crippen MR) is 110 cm³/mol. The summed E-state index contributed by atoms with van der Waals surface area (Å²) in [5.74, 6) is -1.44. The van der Waals surface area contributed by atoms with Crippen LogP contribution in [-0.2, 0) is 9.59 Å². The first kappa shape index (κ1) is 21.3. The second kappa shape index (κ2) is 8.35. The van der Waals surface area contributed by atoms with Crippen molar-refractivity contribution in [1.29, 1.82) is 0 Å². The Morgan fingerprint density at radius 3 is 1.86 bits per heavy atom. The predicted octanol–water partition coefficient (Wildman–Crippen LogP) is 3.61. The first-order chi connectivity index (χ1) is 13.0.